The van der Waals surface area contributed by atoms with Crippen LogP contribution < -0.4 is 0 Å². The highest BCUT2D eigenvalue weighted by atomic mass is 16.5. The monoisotopic (exact) mass is 143 g/mol. The smallest absolute Gasteiger partial charge is 0.141 e. The van der Waals surface area contributed by atoms with Crippen molar-refractivity contribution in [2.45, 2.75) is 26.1 Å². The van der Waals surface area contributed by atoms with E-state index in [0.717, 1.165) is 0 Å². The van der Waals surface area contributed by atoms with Crippen LogP contribution in [-0.2, 0) is 9.47 Å². The number of nitrogens with zero attached hydrogens (tertiary/aromatic N) is 1. The summed E-state index contributed by atoms with van der Waals surface area (Å²) in [5.74, 6) is 0. The first-order chi connectivity index (χ1) is 4.70. The molecule has 0 aromatic rings. The Morgan fingerprint density at radius 2 is 2.10 bits per heavy atom. The molecular weight excluding hydrogens is 130 g/mol. The molecule has 0 saturated carbocycles. The van der Waals surface area contributed by atoms with Crippen molar-refractivity contribution in [2.24, 2.45) is 0 Å². The standard InChI is InChI=1S/C7H13NO2/c1-6(4-8)10-7(2)5-9-3/h6-7H,5H2,1-3H3. The molecular formula is C7H13NO2. The van der Waals surface area contributed by atoms with Crippen molar-refractivity contribution in [2.75, 3.05) is 13.7 Å². The molecule has 58 valence electrons. The molecule has 0 saturated heterocycles. The van der Waals surface area contributed by atoms with Crippen molar-refractivity contribution in [3.63, 3.8) is 0 Å². The maximum absolute atomic E-state index is 8.34. The molecule has 0 heterocycles. The highest BCUT2D eigenvalue weighted by Gasteiger charge is 2.05. The lowest BCUT2D eigenvalue weighted by Crippen LogP contribution is -2.19. The number of nitriles is 1. The fraction of sp³-hybridized carbons (Fsp3) is 0.857. The molecule has 0 fully saturated rings. The predicted molar refractivity (Wildman–Crippen MR) is 37.5 cm³/mol. The Hall–Kier alpha value is -0.590. The number of rotatable bonds is 4. The molecule has 10 heavy (non-hydrogen) atoms. The molecule has 0 radical (unpaired) electrons. The van der Waals surface area contributed by atoms with E-state index >= 15 is 0 Å². The maximum atomic E-state index is 8.34. The van der Waals surface area contributed by atoms with Crippen molar-refractivity contribution in [3.8, 4) is 6.07 Å². The molecule has 0 aliphatic carbocycles. The van der Waals surface area contributed by atoms with E-state index in [1.54, 1.807) is 14.0 Å². The third-order valence-electron chi connectivity index (χ3n) is 1.02. The summed E-state index contributed by atoms with van der Waals surface area (Å²) >= 11 is 0. The molecule has 0 N–H and O–H groups in total. The Labute approximate surface area is 61.5 Å². The van der Waals surface area contributed by atoms with E-state index in [1.165, 1.54) is 0 Å². The Balaban J connectivity index is 3.39. The van der Waals surface area contributed by atoms with E-state index in [4.69, 9.17) is 14.7 Å². The summed E-state index contributed by atoms with van der Waals surface area (Å²) in [6, 6.07) is 1.98. The minimum Gasteiger partial charge on any atom is -0.382 e. The molecule has 0 rings (SSSR count). The Morgan fingerprint density at radius 3 is 2.50 bits per heavy atom. The van der Waals surface area contributed by atoms with Crippen molar-refractivity contribution in [3.05, 3.63) is 0 Å². The molecule has 0 amide bonds. The zero-order valence-corrected chi connectivity index (χ0v) is 6.63. The molecule has 0 aliphatic rings. The van der Waals surface area contributed by atoms with Gasteiger partial charge < -0.3 is 9.47 Å². The summed E-state index contributed by atoms with van der Waals surface area (Å²) in [6.07, 6.45) is -0.343. The van der Waals surface area contributed by atoms with Gasteiger partial charge in [-0.2, -0.15) is 5.26 Å². The Kier molecular flexibility index (Phi) is 4.91. The van der Waals surface area contributed by atoms with Gasteiger partial charge in [-0.1, -0.05) is 0 Å². The molecule has 0 aromatic heterocycles. The van der Waals surface area contributed by atoms with E-state index in [1.807, 2.05) is 13.0 Å². The first-order valence-corrected chi connectivity index (χ1v) is 3.24. The van der Waals surface area contributed by atoms with Gasteiger partial charge in [0.05, 0.1) is 18.8 Å². The SMILES string of the molecule is COCC(C)OC(C)C#N. The first kappa shape index (κ1) is 9.41. The molecule has 3 nitrogen and oxygen atoms in total. The zero-order chi connectivity index (χ0) is 7.98. The summed E-state index contributed by atoms with van der Waals surface area (Å²) in [4.78, 5) is 0. The maximum Gasteiger partial charge on any atom is 0.141 e. The summed E-state index contributed by atoms with van der Waals surface area (Å²) in [5.41, 5.74) is 0. The van der Waals surface area contributed by atoms with Crippen LogP contribution in [0.25, 0.3) is 0 Å². The minimum absolute atomic E-state index is 0.000324. The number of hydrogen-bond acceptors (Lipinski definition) is 3. The molecule has 3 heteroatoms. The van der Waals surface area contributed by atoms with Crippen LogP contribution >= 0.6 is 0 Å². The highest BCUT2D eigenvalue weighted by molar-refractivity contribution is 4.79. The second kappa shape index (κ2) is 5.21. The van der Waals surface area contributed by atoms with Crippen LogP contribution in [0.3, 0.4) is 0 Å². The van der Waals surface area contributed by atoms with Crippen molar-refractivity contribution >= 4 is 0 Å². The van der Waals surface area contributed by atoms with Gasteiger partial charge in [0, 0.05) is 7.11 Å². The average molecular weight is 143 g/mol. The van der Waals surface area contributed by atoms with E-state index in [9.17, 15) is 0 Å². The molecule has 0 bridgehead atoms. The molecule has 0 aliphatic heterocycles. The van der Waals surface area contributed by atoms with Gasteiger partial charge in [-0.15, -0.1) is 0 Å². The molecule has 2 atom stereocenters. The molecule has 0 aromatic carbocycles. The lowest BCUT2D eigenvalue weighted by molar-refractivity contribution is -0.00977. The van der Waals surface area contributed by atoms with Crippen LogP contribution in [0.2, 0.25) is 0 Å². The lowest BCUT2D eigenvalue weighted by Gasteiger charge is -2.12. The molecule has 0 spiro atoms. The van der Waals surface area contributed by atoms with Crippen molar-refractivity contribution < 1.29 is 9.47 Å². The van der Waals surface area contributed by atoms with E-state index in [2.05, 4.69) is 0 Å². The van der Waals surface area contributed by atoms with Crippen LogP contribution in [-0.4, -0.2) is 25.9 Å². The van der Waals surface area contributed by atoms with E-state index < -0.39 is 0 Å². The average Bonchev–Trinajstić information content (AvgIpc) is 1.88. The minimum atomic E-state index is -0.342. The fourth-order valence-electron chi connectivity index (χ4n) is 0.653. The lowest BCUT2D eigenvalue weighted by atomic mass is 10.4. The second-order valence-corrected chi connectivity index (χ2v) is 2.17. The number of ether oxygens (including phenoxy) is 2. The van der Waals surface area contributed by atoms with Crippen LogP contribution in [0.1, 0.15) is 13.8 Å². The van der Waals surface area contributed by atoms with Gasteiger partial charge in [0.1, 0.15) is 6.10 Å². The van der Waals surface area contributed by atoms with Gasteiger partial charge in [-0.3, -0.25) is 0 Å². The fourth-order valence-corrected chi connectivity index (χ4v) is 0.653. The Morgan fingerprint density at radius 1 is 1.50 bits per heavy atom. The topological polar surface area (TPSA) is 42.2 Å². The van der Waals surface area contributed by atoms with Crippen molar-refractivity contribution in [1.82, 2.24) is 0 Å². The summed E-state index contributed by atoms with van der Waals surface area (Å²) in [7, 11) is 1.61. The summed E-state index contributed by atoms with van der Waals surface area (Å²) in [6.45, 7) is 4.12. The zero-order valence-electron chi connectivity index (χ0n) is 6.63. The van der Waals surface area contributed by atoms with Gasteiger partial charge in [0.25, 0.3) is 0 Å². The molecule has 2 unspecified atom stereocenters. The van der Waals surface area contributed by atoms with Crippen LogP contribution in [0.5, 0.6) is 0 Å². The quantitative estimate of drug-likeness (QED) is 0.588. The third-order valence-corrected chi connectivity index (χ3v) is 1.02. The van der Waals surface area contributed by atoms with Crippen LogP contribution in [0, 0.1) is 11.3 Å². The van der Waals surface area contributed by atoms with Gasteiger partial charge in [0.15, 0.2) is 0 Å². The van der Waals surface area contributed by atoms with Gasteiger partial charge in [-0.05, 0) is 13.8 Å². The highest BCUT2D eigenvalue weighted by Crippen LogP contribution is 1.96. The van der Waals surface area contributed by atoms with Gasteiger partial charge >= 0.3 is 0 Å². The van der Waals surface area contributed by atoms with Crippen molar-refractivity contribution in [1.29, 1.82) is 5.26 Å². The second-order valence-electron chi connectivity index (χ2n) is 2.17. The van der Waals surface area contributed by atoms with Gasteiger partial charge in [-0.25, -0.2) is 0 Å². The predicted octanol–water partition coefficient (Wildman–Crippen LogP) is 0.950. The Bertz CT molecular complexity index is 119. The normalized spacial score (nSPS) is 15.8. The van der Waals surface area contributed by atoms with E-state index in [-0.39, 0.29) is 12.2 Å². The number of methoxy groups -OCH3 is 1. The van der Waals surface area contributed by atoms with Gasteiger partial charge in [0.2, 0.25) is 0 Å². The van der Waals surface area contributed by atoms with E-state index in [0.29, 0.717) is 6.61 Å². The summed E-state index contributed by atoms with van der Waals surface area (Å²) in [5, 5.41) is 8.34. The summed E-state index contributed by atoms with van der Waals surface area (Å²) < 4.78 is 9.97. The van der Waals surface area contributed by atoms with Crippen LogP contribution in [0.15, 0.2) is 0 Å². The first-order valence-electron chi connectivity index (χ1n) is 3.24. The third kappa shape index (κ3) is 4.30. The number of hydrogen-bond donors (Lipinski definition) is 0. The van der Waals surface area contributed by atoms with Crippen LogP contribution in [0.4, 0.5) is 0 Å². The largest absolute Gasteiger partial charge is 0.382 e.